The number of carboxylic acids is 12. The van der Waals surface area contributed by atoms with Crippen LogP contribution in [0.2, 0.25) is 0 Å². The molecular formula is C36H36Ge3O36. The third kappa shape index (κ3) is 32.7. The molecule has 0 aliphatic carbocycles. The molecule has 0 spiro atoms. The standard InChI is InChI=1S/4C9H12O9.3Ge/c4*1-4(10)7(15)18-9(8(16)17,2-5(11)12)3-6(13)14;;;/h4*4,10H,2-3H2,1H3,(H,11,12)(H,13,14)(H,16,17);;;/q;;;;3*+4/p-12. The Morgan fingerprint density at radius 3 is 0.427 bits per heavy atom. The van der Waals surface area contributed by atoms with E-state index in [0.29, 0.717) is 0 Å². The monoisotopic (exact) mass is 1270 g/mol. The van der Waals surface area contributed by atoms with E-state index in [1.807, 2.05) is 0 Å². The second-order valence-corrected chi connectivity index (χ2v) is 13.9. The molecule has 0 heterocycles. The quantitative estimate of drug-likeness (QED) is 0.0321. The molecular weight excluding hydrogens is 1230 g/mol. The molecule has 36 nitrogen and oxygen atoms in total. The number of hydrogen-bond donors (Lipinski definition) is 4. The summed E-state index contributed by atoms with van der Waals surface area (Å²) in [4.78, 5) is 170. The van der Waals surface area contributed by atoms with Gasteiger partial charge in [-0.15, -0.1) is 0 Å². The molecule has 0 saturated heterocycles. The summed E-state index contributed by atoms with van der Waals surface area (Å²) >= 11 is 0. The van der Waals surface area contributed by atoms with Crippen LogP contribution in [0.25, 0.3) is 0 Å². The SMILES string of the molecule is CC(O)C(=O)OC(CC(=O)[O-])(CC(=O)[O-])C(=O)[O-].CC(O)C(=O)OC(CC(=O)[O-])(CC(=O)[O-])C(=O)[O-].CC(O)C(=O)OC(CC(=O)[O-])(CC(=O)[O-])C(=O)[O-].CC(O)C(=O)OC(CC(=O)[O-])(CC(=O)[O-])C(=O)[O-].[Ge+4].[Ge+4].[Ge+4]. The summed E-state index contributed by atoms with van der Waals surface area (Å²) < 4.78 is 16.8. The first-order chi connectivity index (χ1) is 32.4. The smallest absolute Gasteiger partial charge is 0.550 e. The number of aliphatic carboxylic acids is 12. The van der Waals surface area contributed by atoms with E-state index in [4.69, 9.17) is 20.4 Å². The van der Waals surface area contributed by atoms with Crippen molar-refractivity contribution in [1.82, 2.24) is 0 Å². The fraction of sp³-hybridized carbons (Fsp3) is 0.556. The summed E-state index contributed by atoms with van der Waals surface area (Å²) in [6.45, 7) is 3.67. The van der Waals surface area contributed by atoms with E-state index in [9.17, 15) is 138 Å². The van der Waals surface area contributed by atoms with Crippen LogP contribution in [-0.2, 0) is 95.7 Å². The van der Waals surface area contributed by atoms with Crippen molar-refractivity contribution < 1.29 is 177 Å². The van der Waals surface area contributed by atoms with Gasteiger partial charge in [0.15, 0.2) is 22.4 Å². The summed E-state index contributed by atoms with van der Waals surface area (Å²) in [7, 11) is 0. The van der Waals surface area contributed by atoms with Crippen LogP contribution < -0.4 is 61.3 Å². The number of ether oxygens (including phenoxy) is 4. The van der Waals surface area contributed by atoms with Gasteiger partial charge < -0.3 is 158 Å². The molecule has 4 atom stereocenters. The maximum atomic E-state index is 11.0. The molecule has 0 aromatic carbocycles. The largest absolute Gasteiger partial charge is 4.00 e. The zero-order valence-corrected chi connectivity index (χ0v) is 44.6. The van der Waals surface area contributed by atoms with Crippen molar-refractivity contribution >= 4 is 148 Å². The van der Waals surface area contributed by atoms with Crippen LogP contribution in [0.3, 0.4) is 0 Å². The zero-order chi connectivity index (χ0) is 58.0. The fourth-order valence-corrected chi connectivity index (χ4v) is 4.26. The van der Waals surface area contributed by atoms with Gasteiger partial charge in [0.2, 0.25) is 0 Å². The average Bonchev–Trinajstić information content (AvgIpc) is 3.15. The molecule has 0 aliphatic rings. The number of carbonyl (C=O) groups excluding carboxylic acids is 16. The number of aliphatic hydroxyl groups excluding tert-OH is 4. The molecule has 0 saturated carbocycles. The van der Waals surface area contributed by atoms with Crippen LogP contribution >= 0.6 is 0 Å². The van der Waals surface area contributed by atoms with Crippen LogP contribution in [0.4, 0.5) is 0 Å². The summed E-state index contributed by atoms with van der Waals surface area (Å²) in [5, 5.41) is 162. The first-order valence-corrected chi connectivity index (χ1v) is 18.5. The third-order valence-corrected chi connectivity index (χ3v) is 7.48. The number of carbonyl (C=O) groups is 16. The summed E-state index contributed by atoms with van der Waals surface area (Å²) in [5.41, 5.74) is -11.9. The van der Waals surface area contributed by atoms with Gasteiger partial charge in [0.1, 0.15) is 24.4 Å². The van der Waals surface area contributed by atoms with Crippen LogP contribution in [-0.4, -0.2) is 216 Å². The third-order valence-electron chi connectivity index (χ3n) is 7.48. The van der Waals surface area contributed by atoms with Crippen molar-refractivity contribution in [3.8, 4) is 0 Å². The predicted octanol–water partition coefficient (Wildman–Crippen LogP) is -22.4. The van der Waals surface area contributed by atoms with Gasteiger partial charge in [-0.1, -0.05) is 0 Å². The number of carboxylic acid groups (broad SMARTS) is 12. The number of esters is 4. The molecule has 0 aromatic rings. The van der Waals surface area contributed by atoms with Crippen molar-refractivity contribution in [3.05, 3.63) is 0 Å². The minimum atomic E-state index is -2.98. The molecule has 408 valence electrons. The fourth-order valence-electron chi connectivity index (χ4n) is 4.26. The number of rotatable bonds is 28. The Bertz CT molecular complexity index is 1720. The van der Waals surface area contributed by atoms with Gasteiger partial charge >= 0.3 is 76.7 Å². The molecule has 0 aliphatic heterocycles. The molecule has 0 bridgehead atoms. The summed E-state index contributed by atoms with van der Waals surface area (Å²) in [6.07, 6.45) is -18.6. The Labute approximate surface area is 450 Å². The molecule has 4 unspecified atom stereocenters. The first kappa shape index (κ1) is 82.0. The number of hydrogen-bond acceptors (Lipinski definition) is 36. The normalized spacial score (nSPS) is 12.1. The van der Waals surface area contributed by atoms with E-state index in [-0.39, 0.29) is 52.8 Å². The molecule has 39 heteroatoms. The predicted molar refractivity (Wildman–Crippen MR) is 196 cm³/mol. The Balaban J connectivity index is -0.000000162. The van der Waals surface area contributed by atoms with E-state index in [0.717, 1.165) is 27.7 Å². The van der Waals surface area contributed by atoms with Crippen molar-refractivity contribution in [2.75, 3.05) is 0 Å². The van der Waals surface area contributed by atoms with Crippen LogP contribution in [0.1, 0.15) is 79.1 Å². The van der Waals surface area contributed by atoms with Crippen LogP contribution in [0, 0.1) is 0 Å². The van der Waals surface area contributed by atoms with Gasteiger partial charge in [0, 0.05) is 99.1 Å². The van der Waals surface area contributed by atoms with Crippen LogP contribution in [0.5, 0.6) is 0 Å². The Kier molecular flexibility index (Phi) is 40.3. The van der Waals surface area contributed by atoms with E-state index < -0.39 is 194 Å². The van der Waals surface area contributed by atoms with Gasteiger partial charge in [0.25, 0.3) is 0 Å². The maximum Gasteiger partial charge on any atom is 4.00 e. The Morgan fingerprint density at radius 1 is 0.280 bits per heavy atom. The minimum Gasteiger partial charge on any atom is -0.550 e. The molecule has 4 N–H and O–H groups in total. The zero-order valence-electron chi connectivity index (χ0n) is 38.3. The van der Waals surface area contributed by atoms with Crippen molar-refractivity contribution in [1.29, 1.82) is 0 Å². The molecule has 0 aromatic heterocycles. The van der Waals surface area contributed by atoms with Crippen LogP contribution in [0.15, 0.2) is 0 Å². The Hall–Kier alpha value is -7.01. The molecule has 0 amide bonds. The topological polar surface area (TPSA) is 668 Å². The van der Waals surface area contributed by atoms with Crippen molar-refractivity contribution in [3.63, 3.8) is 0 Å². The van der Waals surface area contributed by atoms with Crippen molar-refractivity contribution in [2.45, 2.75) is 126 Å². The summed E-state index contributed by atoms with van der Waals surface area (Å²) in [5.74, 6) is -30.8. The second-order valence-electron chi connectivity index (χ2n) is 13.9. The Morgan fingerprint density at radius 2 is 0.373 bits per heavy atom. The van der Waals surface area contributed by atoms with Gasteiger partial charge in [-0.3, -0.25) is 0 Å². The maximum absolute atomic E-state index is 11.0. The average molecular weight is 1260 g/mol. The van der Waals surface area contributed by atoms with Gasteiger partial charge in [-0.2, -0.15) is 0 Å². The molecule has 75 heavy (non-hydrogen) atoms. The first-order valence-electron chi connectivity index (χ1n) is 18.5. The molecule has 0 rings (SSSR count). The van der Waals surface area contributed by atoms with Crippen molar-refractivity contribution in [2.24, 2.45) is 0 Å². The van der Waals surface area contributed by atoms with E-state index in [2.05, 4.69) is 18.9 Å². The second kappa shape index (κ2) is 36.8. The molecule has 0 radical (unpaired) electrons. The van der Waals surface area contributed by atoms with E-state index >= 15 is 0 Å². The van der Waals surface area contributed by atoms with E-state index in [1.165, 1.54) is 0 Å². The molecule has 0 fully saturated rings. The van der Waals surface area contributed by atoms with E-state index in [1.54, 1.807) is 0 Å². The van der Waals surface area contributed by atoms with Gasteiger partial charge in [-0.05, 0) is 27.7 Å². The minimum absolute atomic E-state index is 0. The van der Waals surface area contributed by atoms with Gasteiger partial charge in [0.05, 0.1) is 23.9 Å². The summed E-state index contributed by atoms with van der Waals surface area (Å²) in [6, 6.07) is 0. The van der Waals surface area contributed by atoms with Gasteiger partial charge in [-0.25, -0.2) is 19.2 Å². The number of aliphatic hydroxyl groups is 4.